The Morgan fingerprint density at radius 1 is 0.756 bits per heavy atom. The van der Waals surface area contributed by atoms with Gasteiger partial charge in [-0.15, -0.1) is 51.1 Å². The number of nitrogens with zero attached hydrogens (tertiary/aromatic N) is 2. The molecule has 0 atom stereocenters. The number of aryl methyl sites for hydroxylation is 2. The minimum atomic E-state index is -1.05. The van der Waals surface area contributed by atoms with Gasteiger partial charge in [0.15, 0.2) is 0 Å². The van der Waals surface area contributed by atoms with Crippen molar-refractivity contribution in [2.45, 2.75) is 25.7 Å². The quantitative estimate of drug-likeness (QED) is 0.151. The molecule has 0 spiro atoms. The molecule has 0 amide bonds. The summed E-state index contributed by atoms with van der Waals surface area (Å²) in [6.45, 7) is 19.6. The summed E-state index contributed by atoms with van der Waals surface area (Å²) in [5.41, 5.74) is 2.92. The molecule has 2 aromatic carbocycles. The Bertz CT molecular complexity index is 1360. The molecule has 0 fully saturated rings. The molecule has 1 aromatic heterocycles. The highest BCUT2D eigenvalue weighted by Gasteiger charge is 2.23. The van der Waals surface area contributed by atoms with E-state index in [0.29, 0.717) is 65.4 Å². The maximum absolute atomic E-state index is 12.7. The van der Waals surface area contributed by atoms with Crippen LogP contribution >= 0.6 is 24.8 Å². The number of halogens is 2. The number of hydrogen-bond acceptors (Lipinski definition) is 5. The lowest BCUT2D eigenvalue weighted by Gasteiger charge is -2.20. The van der Waals surface area contributed by atoms with Gasteiger partial charge < -0.3 is 14.6 Å². The summed E-state index contributed by atoms with van der Waals surface area (Å²) >= 11 is 0. The summed E-state index contributed by atoms with van der Waals surface area (Å²) in [6, 6.07) is 6.53. The average molecular weight is 604 g/mol. The molecule has 222 valence electrons. The van der Waals surface area contributed by atoms with E-state index in [0.717, 1.165) is 32.6 Å². The van der Waals surface area contributed by atoms with Crippen LogP contribution in [0.3, 0.4) is 0 Å². The van der Waals surface area contributed by atoms with Gasteiger partial charge in [-0.25, -0.2) is 9.59 Å². The molecule has 0 radical (unpaired) electrons. The van der Waals surface area contributed by atoms with Crippen molar-refractivity contribution in [3.63, 3.8) is 0 Å². The van der Waals surface area contributed by atoms with Crippen molar-refractivity contribution in [3.05, 3.63) is 97.1 Å². The van der Waals surface area contributed by atoms with Crippen molar-refractivity contribution in [2.75, 3.05) is 39.3 Å². The topological polar surface area (TPSA) is 94.2 Å². The van der Waals surface area contributed by atoms with Crippen LogP contribution in [0.15, 0.2) is 79.3 Å². The molecule has 3 aromatic rings. The van der Waals surface area contributed by atoms with E-state index in [4.69, 9.17) is 4.42 Å². The molecule has 41 heavy (non-hydrogen) atoms. The van der Waals surface area contributed by atoms with E-state index in [9.17, 15) is 19.8 Å². The fourth-order valence-corrected chi connectivity index (χ4v) is 5.14. The zero-order chi connectivity index (χ0) is 28.4. The van der Waals surface area contributed by atoms with Crippen LogP contribution < -0.4 is 0 Å². The number of fused-ring (bicyclic) bond motifs is 3. The lowest BCUT2D eigenvalue weighted by Crippen LogP contribution is -2.26. The van der Waals surface area contributed by atoms with E-state index >= 15 is 0 Å². The lowest BCUT2D eigenvalue weighted by atomic mass is 9.90. The number of carboxylic acids is 2. The second kappa shape index (κ2) is 17.5. The highest BCUT2D eigenvalue weighted by atomic mass is 35.5. The van der Waals surface area contributed by atoms with Gasteiger partial charge in [0.2, 0.25) is 0 Å². The average Bonchev–Trinajstić information content (AvgIpc) is 3.26. The number of furan rings is 1. The summed E-state index contributed by atoms with van der Waals surface area (Å²) in [6.07, 6.45) is 9.89. The SMILES string of the molecule is C=CCN(CC=C)CCCc1cc2oc3ccc(C(=O)O)cc3c2c(CCCN(CC=C)CC=C)c1C(=O)O.Cl.Cl. The molecule has 7 nitrogen and oxygen atoms in total. The number of rotatable bonds is 18. The van der Waals surface area contributed by atoms with Crippen molar-refractivity contribution < 1.29 is 24.2 Å². The smallest absolute Gasteiger partial charge is 0.336 e. The van der Waals surface area contributed by atoms with Gasteiger partial charge in [0.1, 0.15) is 11.2 Å². The molecule has 0 saturated carbocycles. The number of carboxylic acid groups (broad SMARTS) is 2. The molecular formula is C32H40Cl2N2O5. The van der Waals surface area contributed by atoms with E-state index in [1.165, 1.54) is 6.07 Å². The monoisotopic (exact) mass is 602 g/mol. The number of aromatic carboxylic acids is 2. The zero-order valence-corrected chi connectivity index (χ0v) is 25.0. The van der Waals surface area contributed by atoms with Gasteiger partial charge >= 0.3 is 11.9 Å². The molecule has 0 bridgehead atoms. The fraction of sp³-hybridized carbons (Fsp3) is 0.312. The lowest BCUT2D eigenvalue weighted by molar-refractivity contribution is 0.0684. The van der Waals surface area contributed by atoms with Crippen LogP contribution in [0, 0.1) is 0 Å². The highest BCUT2D eigenvalue weighted by molar-refractivity contribution is 6.12. The van der Waals surface area contributed by atoms with Crippen LogP contribution in [0.4, 0.5) is 0 Å². The van der Waals surface area contributed by atoms with Crippen molar-refractivity contribution >= 4 is 58.7 Å². The standard InChI is InChI=1S/C32H38N2O5.2ClH/c1-5-15-33(16-6-2)19-9-11-23-22-28-30(26-21-24(31(35)36)13-14-27(26)39-28)25(29(23)32(37)38)12-10-20-34(17-7-3)18-8-4;;/h5-8,13-14,21-22H,1-4,9-12,15-20H2,(H,35,36)(H,37,38);2*1H. The normalized spacial score (nSPS) is 10.8. The third kappa shape index (κ3) is 9.07. The Morgan fingerprint density at radius 2 is 1.29 bits per heavy atom. The summed E-state index contributed by atoms with van der Waals surface area (Å²) in [5.74, 6) is -2.04. The molecule has 0 aliphatic carbocycles. The van der Waals surface area contributed by atoms with Crippen molar-refractivity contribution in [2.24, 2.45) is 0 Å². The Labute approximate surface area is 254 Å². The summed E-state index contributed by atoms with van der Waals surface area (Å²) < 4.78 is 6.15. The predicted molar refractivity (Wildman–Crippen MR) is 172 cm³/mol. The van der Waals surface area contributed by atoms with E-state index < -0.39 is 11.9 Å². The molecule has 0 aliphatic heterocycles. The van der Waals surface area contributed by atoms with E-state index in [1.807, 2.05) is 30.4 Å². The van der Waals surface area contributed by atoms with Gasteiger partial charge in [0, 0.05) is 37.0 Å². The van der Waals surface area contributed by atoms with Gasteiger partial charge in [0.25, 0.3) is 0 Å². The molecule has 0 saturated heterocycles. The van der Waals surface area contributed by atoms with Crippen LogP contribution in [0.5, 0.6) is 0 Å². The van der Waals surface area contributed by atoms with Crippen molar-refractivity contribution in [1.29, 1.82) is 0 Å². The van der Waals surface area contributed by atoms with Crippen molar-refractivity contribution in [1.82, 2.24) is 9.80 Å². The summed E-state index contributed by atoms with van der Waals surface area (Å²) in [7, 11) is 0. The van der Waals surface area contributed by atoms with Crippen LogP contribution in [0.2, 0.25) is 0 Å². The second-order valence-electron chi connectivity index (χ2n) is 9.57. The zero-order valence-electron chi connectivity index (χ0n) is 23.3. The largest absolute Gasteiger partial charge is 0.478 e. The molecule has 9 heteroatoms. The van der Waals surface area contributed by atoms with Crippen LogP contribution in [0.25, 0.3) is 21.9 Å². The van der Waals surface area contributed by atoms with E-state index in [-0.39, 0.29) is 35.9 Å². The van der Waals surface area contributed by atoms with Crippen LogP contribution in [-0.4, -0.2) is 71.2 Å². The number of carbonyl (C=O) groups is 2. The number of hydrogen-bond donors (Lipinski definition) is 2. The maximum Gasteiger partial charge on any atom is 0.336 e. The molecule has 2 N–H and O–H groups in total. The number of benzene rings is 2. The van der Waals surface area contributed by atoms with Gasteiger partial charge in [0.05, 0.1) is 11.1 Å². The Balaban J connectivity index is 0.00000420. The fourth-order valence-electron chi connectivity index (χ4n) is 5.14. The maximum atomic E-state index is 12.7. The molecular weight excluding hydrogens is 563 g/mol. The molecule has 3 rings (SSSR count). The first-order chi connectivity index (χ1) is 18.8. The van der Waals surface area contributed by atoms with Gasteiger partial charge in [-0.3, -0.25) is 9.80 Å². The van der Waals surface area contributed by atoms with Crippen molar-refractivity contribution in [3.8, 4) is 0 Å². The summed E-state index contributed by atoms with van der Waals surface area (Å²) in [4.78, 5) is 28.8. The van der Waals surface area contributed by atoms with Crippen LogP contribution in [0.1, 0.15) is 44.7 Å². The molecule has 1 heterocycles. The Hall–Kier alpha value is -3.36. The predicted octanol–water partition coefficient (Wildman–Crippen LogP) is 7.04. The molecule has 0 unspecified atom stereocenters. The second-order valence-corrected chi connectivity index (χ2v) is 9.57. The molecule has 0 aliphatic rings. The summed E-state index contributed by atoms with van der Waals surface area (Å²) in [5, 5.41) is 21.3. The third-order valence-corrected chi connectivity index (χ3v) is 6.78. The van der Waals surface area contributed by atoms with Gasteiger partial charge in [-0.05, 0) is 74.2 Å². The Morgan fingerprint density at radius 3 is 1.78 bits per heavy atom. The first-order valence-electron chi connectivity index (χ1n) is 13.2. The first-order valence-corrected chi connectivity index (χ1v) is 13.2. The minimum Gasteiger partial charge on any atom is -0.478 e. The van der Waals surface area contributed by atoms with E-state index in [1.54, 1.807) is 12.1 Å². The van der Waals surface area contributed by atoms with Crippen LogP contribution in [-0.2, 0) is 12.8 Å². The van der Waals surface area contributed by atoms with Gasteiger partial charge in [-0.2, -0.15) is 0 Å². The first kappa shape index (κ1) is 35.7. The van der Waals surface area contributed by atoms with Gasteiger partial charge in [-0.1, -0.05) is 24.3 Å². The third-order valence-electron chi connectivity index (χ3n) is 6.78. The Kier molecular flexibility index (Phi) is 15.2. The van der Waals surface area contributed by atoms with E-state index in [2.05, 4.69) is 36.1 Å². The highest BCUT2D eigenvalue weighted by Crippen LogP contribution is 2.37. The minimum absolute atomic E-state index is 0.